The van der Waals surface area contributed by atoms with Gasteiger partial charge < -0.3 is 5.32 Å². The van der Waals surface area contributed by atoms with E-state index in [1.165, 1.54) is 36.4 Å². The number of nitrogens with one attached hydrogen (secondary N) is 2. The Labute approximate surface area is 215 Å². The van der Waals surface area contributed by atoms with E-state index in [1.54, 1.807) is 25.1 Å². The Balaban J connectivity index is 1.76. The molecule has 11 nitrogen and oxygen atoms in total. The lowest BCUT2D eigenvalue weighted by Crippen LogP contribution is -2.37. The Bertz CT molecular complexity index is 1570. The number of nitrogens with zero attached hydrogens (tertiary/aromatic N) is 2. The van der Waals surface area contributed by atoms with E-state index in [0.717, 1.165) is 27.8 Å². The molecular formula is C24H26N4O7S2. The van der Waals surface area contributed by atoms with E-state index in [2.05, 4.69) is 10.0 Å². The van der Waals surface area contributed by atoms with Gasteiger partial charge in [0.2, 0.25) is 15.9 Å². The molecule has 2 N–H and O–H groups in total. The second-order valence-corrected chi connectivity index (χ2v) is 12.1. The Morgan fingerprint density at radius 2 is 1.46 bits per heavy atom. The summed E-state index contributed by atoms with van der Waals surface area (Å²) in [6, 6.07) is 14.3. The molecule has 0 aliphatic carbocycles. The maximum absolute atomic E-state index is 12.7. The van der Waals surface area contributed by atoms with Crippen LogP contribution in [0.4, 0.5) is 22.7 Å². The second-order valence-electron chi connectivity index (χ2n) is 8.47. The number of rotatable bonds is 9. The van der Waals surface area contributed by atoms with Crippen molar-refractivity contribution in [1.82, 2.24) is 0 Å². The molecule has 196 valence electrons. The molecule has 37 heavy (non-hydrogen) atoms. The van der Waals surface area contributed by atoms with Crippen molar-refractivity contribution >= 4 is 48.7 Å². The third-order valence-electron chi connectivity index (χ3n) is 5.57. The quantitative estimate of drug-likeness (QED) is 0.306. The molecule has 0 fully saturated rings. The molecule has 0 bridgehead atoms. The van der Waals surface area contributed by atoms with Crippen LogP contribution >= 0.6 is 0 Å². The van der Waals surface area contributed by atoms with Gasteiger partial charge in [-0.2, -0.15) is 0 Å². The number of benzene rings is 3. The maximum atomic E-state index is 12.7. The van der Waals surface area contributed by atoms with Crippen LogP contribution in [-0.4, -0.2) is 40.5 Å². The first-order valence-corrected chi connectivity index (χ1v) is 14.2. The van der Waals surface area contributed by atoms with E-state index in [9.17, 15) is 31.7 Å². The summed E-state index contributed by atoms with van der Waals surface area (Å²) in [6.45, 7) is 4.71. The minimum absolute atomic E-state index is 0.00529. The number of amides is 1. The number of aryl methyl sites for hydroxylation is 3. The fraction of sp³-hybridized carbons (Fsp3) is 0.208. The van der Waals surface area contributed by atoms with Crippen molar-refractivity contribution < 1.29 is 26.6 Å². The summed E-state index contributed by atoms with van der Waals surface area (Å²) in [4.78, 5) is 23.1. The van der Waals surface area contributed by atoms with Gasteiger partial charge in [-0.3, -0.25) is 23.9 Å². The van der Waals surface area contributed by atoms with E-state index in [4.69, 9.17) is 0 Å². The molecule has 0 atom stereocenters. The molecule has 0 saturated heterocycles. The van der Waals surface area contributed by atoms with Gasteiger partial charge in [0, 0.05) is 23.5 Å². The molecule has 3 aromatic rings. The molecule has 0 radical (unpaired) electrons. The molecule has 0 aromatic heterocycles. The number of non-ortho nitro benzene ring substituents is 1. The normalized spacial score (nSPS) is 11.6. The Morgan fingerprint density at radius 3 is 2.03 bits per heavy atom. The molecule has 0 aliphatic rings. The molecule has 3 rings (SSSR count). The number of carbonyl (C=O) groups is 1. The fourth-order valence-corrected chi connectivity index (χ4v) is 5.38. The number of sulfonamides is 2. The number of carbonyl (C=O) groups excluding carboxylic acids is 1. The number of nitro groups is 1. The standard InChI is InChI=1S/C24H26N4O7S2/c1-16-5-7-20(13-18(16)3)26-37(34,35)22-11-8-19(9-12-22)25-24(29)15-27(36(4,32)33)23-14-21(28(30)31)10-6-17(23)2/h5-14,26H,15H2,1-4H3,(H,25,29). The number of hydrogen-bond acceptors (Lipinski definition) is 7. The van der Waals surface area contributed by atoms with Gasteiger partial charge in [0.25, 0.3) is 15.7 Å². The smallest absolute Gasteiger partial charge is 0.271 e. The molecule has 0 spiro atoms. The SMILES string of the molecule is Cc1ccc(NS(=O)(=O)c2ccc(NC(=O)CN(c3cc([N+](=O)[O-])ccc3C)S(C)(=O)=O)cc2)cc1C. The second kappa shape index (κ2) is 10.6. The van der Waals surface area contributed by atoms with Gasteiger partial charge in [-0.1, -0.05) is 12.1 Å². The zero-order chi connectivity index (χ0) is 27.5. The van der Waals surface area contributed by atoms with Crippen LogP contribution in [0.15, 0.2) is 65.6 Å². The highest BCUT2D eigenvalue weighted by Crippen LogP contribution is 2.27. The lowest BCUT2D eigenvalue weighted by atomic mass is 10.1. The average molecular weight is 547 g/mol. The summed E-state index contributed by atoms with van der Waals surface area (Å²) < 4.78 is 53.5. The number of anilines is 3. The van der Waals surface area contributed by atoms with Crippen molar-refractivity contribution in [1.29, 1.82) is 0 Å². The topological polar surface area (TPSA) is 156 Å². The number of hydrogen-bond donors (Lipinski definition) is 2. The molecule has 0 aliphatic heterocycles. The largest absolute Gasteiger partial charge is 0.325 e. The Kier molecular flexibility index (Phi) is 7.88. The summed E-state index contributed by atoms with van der Waals surface area (Å²) in [5, 5.41) is 13.7. The number of nitro benzene ring substituents is 1. The van der Waals surface area contributed by atoms with Crippen molar-refractivity contribution in [2.75, 3.05) is 27.1 Å². The van der Waals surface area contributed by atoms with E-state index >= 15 is 0 Å². The predicted octanol–water partition coefficient (Wildman–Crippen LogP) is 3.73. The third kappa shape index (κ3) is 6.83. The molecular weight excluding hydrogens is 520 g/mol. The first kappa shape index (κ1) is 27.6. The van der Waals surface area contributed by atoms with Crippen molar-refractivity contribution in [3.8, 4) is 0 Å². The predicted molar refractivity (Wildman–Crippen MR) is 142 cm³/mol. The van der Waals surface area contributed by atoms with Gasteiger partial charge in [-0.25, -0.2) is 16.8 Å². The van der Waals surface area contributed by atoms with Crippen molar-refractivity contribution in [3.63, 3.8) is 0 Å². The van der Waals surface area contributed by atoms with Crippen molar-refractivity contribution in [2.45, 2.75) is 25.7 Å². The lowest BCUT2D eigenvalue weighted by molar-refractivity contribution is -0.384. The van der Waals surface area contributed by atoms with E-state index in [0.29, 0.717) is 11.3 Å². The zero-order valence-electron chi connectivity index (χ0n) is 20.5. The highest BCUT2D eigenvalue weighted by Gasteiger charge is 2.24. The van der Waals surface area contributed by atoms with Gasteiger partial charge in [0.05, 0.1) is 21.8 Å². The summed E-state index contributed by atoms with van der Waals surface area (Å²) in [5.41, 5.74) is 2.72. The monoisotopic (exact) mass is 546 g/mol. The van der Waals surface area contributed by atoms with E-state index in [1.807, 2.05) is 13.8 Å². The van der Waals surface area contributed by atoms with E-state index < -0.39 is 37.4 Å². The highest BCUT2D eigenvalue weighted by molar-refractivity contribution is 7.92. The minimum Gasteiger partial charge on any atom is -0.325 e. The Morgan fingerprint density at radius 1 is 0.865 bits per heavy atom. The van der Waals surface area contributed by atoms with Gasteiger partial charge in [0.15, 0.2) is 0 Å². The molecule has 13 heteroatoms. The average Bonchev–Trinajstić information content (AvgIpc) is 2.80. The van der Waals surface area contributed by atoms with Crippen LogP contribution in [0, 0.1) is 30.9 Å². The lowest BCUT2D eigenvalue weighted by Gasteiger charge is -2.23. The van der Waals surface area contributed by atoms with Crippen LogP contribution in [-0.2, 0) is 24.8 Å². The first-order chi connectivity index (χ1) is 17.2. The first-order valence-electron chi connectivity index (χ1n) is 10.9. The van der Waals surface area contributed by atoms with Crippen LogP contribution in [0.25, 0.3) is 0 Å². The van der Waals surface area contributed by atoms with Crippen LogP contribution in [0.3, 0.4) is 0 Å². The fourth-order valence-electron chi connectivity index (χ4n) is 3.43. The van der Waals surface area contributed by atoms with Crippen molar-refractivity contribution in [3.05, 3.63) is 87.5 Å². The van der Waals surface area contributed by atoms with Gasteiger partial charge in [0.1, 0.15) is 6.54 Å². The summed E-state index contributed by atoms with van der Waals surface area (Å²) in [7, 11) is -7.85. The van der Waals surface area contributed by atoms with Gasteiger partial charge in [-0.15, -0.1) is 0 Å². The van der Waals surface area contributed by atoms with Crippen molar-refractivity contribution in [2.24, 2.45) is 0 Å². The molecule has 0 heterocycles. The van der Waals surface area contributed by atoms with Crippen LogP contribution in [0.5, 0.6) is 0 Å². The summed E-state index contributed by atoms with van der Waals surface area (Å²) in [6.07, 6.45) is 0.890. The van der Waals surface area contributed by atoms with Gasteiger partial charge >= 0.3 is 0 Å². The summed E-state index contributed by atoms with van der Waals surface area (Å²) >= 11 is 0. The van der Waals surface area contributed by atoms with E-state index in [-0.39, 0.29) is 22.0 Å². The molecule has 0 saturated carbocycles. The molecule has 1 amide bonds. The van der Waals surface area contributed by atoms with Gasteiger partial charge in [-0.05, 0) is 73.9 Å². The highest BCUT2D eigenvalue weighted by atomic mass is 32.2. The van der Waals surface area contributed by atoms with Crippen LogP contribution < -0.4 is 14.3 Å². The zero-order valence-corrected chi connectivity index (χ0v) is 22.2. The minimum atomic E-state index is -3.97. The molecule has 3 aromatic carbocycles. The van der Waals surface area contributed by atoms with Crippen LogP contribution in [0.2, 0.25) is 0 Å². The maximum Gasteiger partial charge on any atom is 0.271 e. The third-order valence-corrected chi connectivity index (χ3v) is 8.09. The summed E-state index contributed by atoms with van der Waals surface area (Å²) in [5.74, 6) is -0.722. The molecule has 0 unspecified atom stereocenters. The Hall–Kier alpha value is -3.97. The van der Waals surface area contributed by atoms with Crippen LogP contribution in [0.1, 0.15) is 16.7 Å².